The van der Waals surface area contributed by atoms with E-state index in [1.807, 2.05) is 43.3 Å². The Balaban J connectivity index is 1.43. The van der Waals surface area contributed by atoms with Gasteiger partial charge in [-0.15, -0.1) is 0 Å². The fourth-order valence-electron chi connectivity index (χ4n) is 3.36. The fraction of sp³-hybridized carbons (Fsp3) is 0.130. The van der Waals surface area contributed by atoms with Gasteiger partial charge in [0.25, 0.3) is 0 Å². The van der Waals surface area contributed by atoms with Crippen molar-refractivity contribution in [3.63, 3.8) is 0 Å². The zero-order valence-electron chi connectivity index (χ0n) is 15.8. The van der Waals surface area contributed by atoms with Crippen molar-refractivity contribution in [3.8, 4) is 0 Å². The van der Waals surface area contributed by atoms with Crippen LogP contribution in [0.4, 0.5) is 5.69 Å². The highest BCUT2D eigenvalue weighted by Crippen LogP contribution is 2.30. The Bertz CT molecular complexity index is 1230. The quantitative estimate of drug-likeness (QED) is 0.498. The predicted molar refractivity (Wildman–Crippen MR) is 115 cm³/mol. The van der Waals surface area contributed by atoms with Crippen molar-refractivity contribution < 1.29 is 14.0 Å². The van der Waals surface area contributed by atoms with Crippen LogP contribution in [-0.2, 0) is 16.0 Å². The lowest BCUT2D eigenvalue weighted by Gasteiger charge is -2.10. The summed E-state index contributed by atoms with van der Waals surface area (Å²) in [4.78, 5) is 24.6. The van der Waals surface area contributed by atoms with Gasteiger partial charge in [-0.25, -0.2) is 0 Å². The van der Waals surface area contributed by atoms with E-state index in [0.717, 1.165) is 32.9 Å². The van der Waals surface area contributed by atoms with Gasteiger partial charge in [0, 0.05) is 21.7 Å². The zero-order chi connectivity index (χ0) is 20.4. The first-order valence-electron chi connectivity index (χ1n) is 9.22. The van der Waals surface area contributed by atoms with Crippen LogP contribution in [0.2, 0.25) is 5.02 Å². The number of amides is 2. The van der Waals surface area contributed by atoms with Crippen molar-refractivity contribution in [3.05, 3.63) is 77.0 Å². The fourth-order valence-corrected chi connectivity index (χ4v) is 3.53. The van der Waals surface area contributed by atoms with Gasteiger partial charge in [-0.2, -0.15) is 0 Å². The summed E-state index contributed by atoms with van der Waals surface area (Å²) < 4.78 is 5.62. The Hall–Kier alpha value is -3.31. The van der Waals surface area contributed by atoms with Crippen LogP contribution in [-0.4, -0.2) is 18.4 Å². The van der Waals surface area contributed by atoms with E-state index in [9.17, 15) is 9.59 Å². The van der Waals surface area contributed by atoms with Gasteiger partial charge in [0.2, 0.25) is 11.8 Å². The van der Waals surface area contributed by atoms with Gasteiger partial charge >= 0.3 is 0 Å². The molecule has 0 aliphatic carbocycles. The molecule has 29 heavy (non-hydrogen) atoms. The van der Waals surface area contributed by atoms with E-state index in [4.69, 9.17) is 16.0 Å². The zero-order valence-corrected chi connectivity index (χ0v) is 16.5. The molecule has 4 aromatic rings. The number of carbonyl (C=O) groups is 2. The highest BCUT2D eigenvalue weighted by molar-refractivity contribution is 6.31. The lowest BCUT2D eigenvalue weighted by molar-refractivity contribution is -0.123. The van der Waals surface area contributed by atoms with E-state index in [0.29, 0.717) is 10.7 Å². The van der Waals surface area contributed by atoms with Crippen molar-refractivity contribution in [2.24, 2.45) is 0 Å². The number of rotatable bonds is 5. The maximum atomic E-state index is 12.4. The van der Waals surface area contributed by atoms with E-state index < -0.39 is 0 Å². The lowest BCUT2D eigenvalue weighted by atomic mass is 10.0. The highest BCUT2D eigenvalue weighted by atomic mass is 35.5. The molecule has 0 saturated carbocycles. The summed E-state index contributed by atoms with van der Waals surface area (Å²) in [6, 6.07) is 17.1. The average Bonchev–Trinajstić information content (AvgIpc) is 3.13. The topological polar surface area (TPSA) is 71.3 Å². The summed E-state index contributed by atoms with van der Waals surface area (Å²) in [6.07, 6.45) is 1.73. The molecule has 2 amide bonds. The summed E-state index contributed by atoms with van der Waals surface area (Å²) in [7, 11) is 0. The van der Waals surface area contributed by atoms with Crippen LogP contribution in [0.25, 0.3) is 21.7 Å². The van der Waals surface area contributed by atoms with Gasteiger partial charge in [-0.3, -0.25) is 9.59 Å². The van der Waals surface area contributed by atoms with Crippen LogP contribution in [0.1, 0.15) is 11.1 Å². The molecule has 0 atom stereocenters. The molecule has 6 heteroatoms. The van der Waals surface area contributed by atoms with E-state index in [1.165, 1.54) is 0 Å². The Morgan fingerprint density at radius 3 is 2.69 bits per heavy atom. The molecule has 2 N–H and O–H groups in total. The minimum absolute atomic E-state index is 0.124. The van der Waals surface area contributed by atoms with Crippen LogP contribution in [0.15, 0.2) is 65.3 Å². The number of hydrogen-bond donors (Lipinski definition) is 2. The number of halogens is 1. The number of fused-ring (bicyclic) bond motifs is 3. The summed E-state index contributed by atoms with van der Waals surface area (Å²) in [5.74, 6) is -0.565. The summed E-state index contributed by atoms with van der Waals surface area (Å²) in [5.41, 5.74) is 2.94. The molecule has 0 spiro atoms. The SMILES string of the molecule is Cc1c(Cl)cccc1NC(=O)CNC(=O)Cc1coc2ccc3ccccc3c12. The molecule has 0 saturated heterocycles. The highest BCUT2D eigenvalue weighted by Gasteiger charge is 2.14. The summed E-state index contributed by atoms with van der Waals surface area (Å²) >= 11 is 6.06. The summed E-state index contributed by atoms with van der Waals surface area (Å²) in [6.45, 7) is 1.70. The molecular formula is C23H19ClN2O3. The minimum atomic E-state index is -0.314. The minimum Gasteiger partial charge on any atom is -0.464 e. The number of carbonyl (C=O) groups excluding carboxylic acids is 2. The van der Waals surface area contributed by atoms with Gasteiger partial charge in [0.05, 0.1) is 19.2 Å². The summed E-state index contributed by atoms with van der Waals surface area (Å²) in [5, 5.41) is 9.05. The first-order valence-corrected chi connectivity index (χ1v) is 9.60. The van der Waals surface area contributed by atoms with E-state index in [-0.39, 0.29) is 24.8 Å². The number of nitrogens with one attached hydrogen (secondary N) is 2. The maximum Gasteiger partial charge on any atom is 0.243 e. The Morgan fingerprint density at radius 2 is 1.83 bits per heavy atom. The van der Waals surface area contributed by atoms with Crippen molar-refractivity contribution in [2.75, 3.05) is 11.9 Å². The molecule has 5 nitrogen and oxygen atoms in total. The van der Waals surface area contributed by atoms with Gasteiger partial charge in [-0.1, -0.05) is 48.0 Å². The van der Waals surface area contributed by atoms with E-state index >= 15 is 0 Å². The normalized spacial score (nSPS) is 11.0. The van der Waals surface area contributed by atoms with Gasteiger partial charge in [0.1, 0.15) is 5.58 Å². The van der Waals surface area contributed by atoms with Crippen LogP contribution >= 0.6 is 11.6 Å². The van der Waals surface area contributed by atoms with Crippen molar-refractivity contribution >= 4 is 50.8 Å². The molecule has 1 heterocycles. The molecule has 0 radical (unpaired) electrons. The number of furan rings is 1. The molecule has 3 aromatic carbocycles. The first kappa shape index (κ1) is 19.0. The molecule has 1 aromatic heterocycles. The third-order valence-electron chi connectivity index (χ3n) is 4.88. The third-order valence-corrected chi connectivity index (χ3v) is 5.29. The maximum absolute atomic E-state index is 12.4. The van der Waals surface area contributed by atoms with Gasteiger partial charge in [0.15, 0.2) is 0 Å². The number of hydrogen-bond acceptors (Lipinski definition) is 3. The molecule has 4 rings (SSSR count). The van der Waals surface area contributed by atoms with E-state index in [1.54, 1.807) is 24.5 Å². The van der Waals surface area contributed by atoms with Gasteiger partial charge < -0.3 is 15.1 Å². The largest absolute Gasteiger partial charge is 0.464 e. The molecule has 0 unspecified atom stereocenters. The van der Waals surface area contributed by atoms with Crippen LogP contribution in [0.3, 0.4) is 0 Å². The van der Waals surface area contributed by atoms with Crippen molar-refractivity contribution in [1.29, 1.82) is 0 Å². The Kier molecular flexibility index (Phi) is 5.23. The van der Waals surface area contributed by atoms with Crippen molar-refractivity contribution in [1.82, 2.24) is 5.32 Å². The molecule has 146 valence electrons. The second kappa shape index (κ2) is 7.97. The number of anilines is 1. The molecule has 0 aliphatic rings. The second-order valence-electron chi connectivity index (χ2n) is 6.83. The first-order chi connectivity index (χ1) is 14.0. The Morgan fingerprint density at radius 1 is 1.00 bits per heavy atom. The molecule has 0 fully saturated rings. The van der Waals surface area contributed by atoms with E-state index in [2.05, 4.69) is 10.6 Å². The van der Waals surface area contributed by atoms with Crippen LogP contribution < -0.4 is 10.6 Å². The standard InChI is InChI=1S/C23H19ClN2O3/c1-14-18(24)7-4-8-19(14)26-22(28)12-25-21(27)11-16-13-29-20-10-9-15-5-2-3-6-17(15)23(16)20/h2-10,13H,11-12H2,1H3,(H,25,27)(H,26,28). The number of benzene rings is 3. The average molecular weight is 407 g/mol. The second-order valence-corrected chi connectivity index (χ2v) is 7.24. The smallest absolute Gasteiger partial charge is 0.243 e. The molecular weight excluding hydrogens is 388 g/mol. The Labute approximate surface area is 172 Å². The van der Waals surface area contributed by atoms with Crippen LogP contribution in [0, 0.1) is 6.92 Å². The molecule has 0 aliphatic heterocycles. The van der Waals surface area contributed by atoms with Crippen LogP contribution in [0.5, 0.6) is 0 Å². The lowest BCUT2D eigenvalue weighted by Crippen LogP contribution is -2.33. The predicted octanol–water partition coefficient (Wildman–Crippen LogP) is 4.85. The monoisotopic (exact) mass is 406 g/mol. The van der Waals surface area contributed by atoms with Gasteiger partial charge in [-0.05, 0) is 41.5 Å². The van der Waals surface area contributed by atoms with Crippen molar-refractivity contribution in [2.45, 2.75) is 13.3 Å². The third kappa shape index (κ3) is 3.96. The molecule has 0 bridgehead atoms.